The molecule has 8 heteroatoms. The van der Waals surface area contributed by atoms with E-state index < -0.39 is 10.0 Å². The van der Waals surface area contributed by atoms with Gasteiger partial charge in [-0.3, -0.25) is 9.52 Å². The van der Waals surface area contributed by atoms with Crippen LogP contribution in [-0.4, -0.2) is 19.3 Å². The van der Waals surface area contributed by atoms with Gasteiger partial charge in [0.2, 0.25) is 0 Å². The van der Waals surface area contributed by atoms with Gasteiger partial charge in [-0.2, -0.15) is 0 Å². The molecule has 0 aliphatic heterocycles. The molecule has 1 aromatic carbocycles. The number of nitrogens with one attached hydrogen (secondary N) is 2. The minimum Gasteiger partial charge on any atom is -0.321 e. The summed E-state index contributed by atoms with van der Waals surface area (Å²) in [4.78, 5) is 16.6. The number of aromatic nitrogens is 1. The summed E-state index contributed by atoms with van der Waals surface area (Å²) in [7, 11) is -3.79. The van der Waals surface area contributed by atoms with Crippen molar-refractivity contribution in [3.8, 4) is 0 Å². The number of carbonyl (C=O) groups excluding carboxylic acids is 1. The molecular weight excluding hydrogens is 358 g/mol. The van der Waals surface area contributed by atoms with Crippen LogP contribution in [0.15, 0.2) is 65.0 Å². The highest BCUT2D eigenvalue weighted by Crippen LogP contribution is 2.23. The fraction of sp³-hybridized carbons (Fsp3) is 0.0588. The van der Waals surface area contributed by atoms with E-state index in [1.54, 1.807) is 24.3 Å². The fourth-order valence-corrected chi connectivity index (χ4v) is 4.27. The van der Waals surface area contributed by atoms with Crippen LogP contribution < -0.4 is 10.0 Å². The Morgan fingerprint density at radius 3 is 2.60 bits per heavy atom. The van der Waals surface area contributed by atoms with Crippen LogP contribution in [0.4, 0.5) is 11.5 Å². The van der Waals surface area contributed by atoms with Gasteiger partial charge in [0.05, 0.1) is 9.77 Å². The number of sulfonamides is 1. The second-order valence-electron chi connectivity index (χ2n) is 5.24. The molecule has 0 spiro atoms. The van der Waals surface area contributed by atoms with Crippen LogP contribution >= 0.6 is 11.3 Å². The molecular formula is C17H15N3O3S2. The van der Waals surface area contributed by atoms with Gasteiger partial charge in [0.25, 0.3) is 15.9 Å². The van der Waals surface area contributed by atoms with E-state index in [2.05, 4.69) is 15.0 Å². The van der Waals surface area contributed by atoms with E-state index in [1.165, 1.54) is 17.6 Å². The monoisotopic (exact) mass is 373 g/mol. The Hall–Kier alpha value is -2.71. The Balaban J connectivity index is 1.77. The molecule has 25 heavy (non-hydrogen) atoms. The number of pyridine rings is 1. The first-order chi connectivity index (χ1) is 12.0. The molecule has 0 atom stereocenters. The van der Waals surface area contributed by atoms with E-state index in [0.29, 0.717) is 10.6 Å². The van der Waals surface area contributed by atoms with Crippen LogP contribution in [0.25, 0.3) is 0 Å². The number of aryl methyl sites for hydroxylation is 1. The van der Waals surface area contributed by atoms with Gasteiger partial charge in [-0.05, 0) is 36.8 Å². The highest BCUT2D eigenvalue weighted by Gasteiger charge is 2.19. The molecule has 2 aromatic heterocycles. The molecule has 0 saturated carbocycles. The summed E-state index contributed by atoms with van der Waals surface area (Å²) in [5, 5.41) is 4.21. The predicted octanol–water partition coefficient (Wildman–Crippen LogP) is 3.50. The van der Waals surface area contributed by atoms with E-state index in [4.69, 9.17) is 0 Å². The maximum absolute atomic E-state index is 12.4. The molecule has 6 nitrogen and oxygen atoms in total. The van der Waals surface area contributed by atoms with Crippen LogP contribution in [0.1, 0.15) is 15.2 Å². The molecule has 2 heterocycles. The zero-order valence-electron chi connectivity index (χ0n) is 13.3. The zero-order valence-corrected chi connectivity index (χ0v) is 14.9. The average molecular weight is 373 g/mol. The molecule has 0 aliphatic carbocycles. The molecule has 3 rings (SSSR count). The van der Waals surface area contributed by atoms with E-state index >= 15 is 0 Å². The van der Waals surface area contributed by atoms with Crippen LogP contribution in [0.3, 0.4) is 0 Å². The summed E-state index contributed by atoms with van der Waals surface area (Å²) >= 11 is 1.07. The van der Waals surface area contributed by atoms with Gasteiger partial charge in [0.1, 0.15) is 5.82 Å². The van der Waals surface area contributed by atoms with Crippen molar-refractivity contribution in [2.75, 3.05) is 10.0 Å². The maximum Gasteiger partial charge on any atom is 0.265 e. The first-order valence-corrected chi connectivity index (χ1v) is 9.71. The van der Waals surface area contributed by atoms with Crippen molar-refractivity contribution in [3.63, 3.8) is 0 Å². The molecule has 1 amide bonds. The topological polar surface area (TPSA) is 88.2 Å². The van der Waals surface area contributed by atoms with Crippen molar-refractivity contribution in [2.45, 2.75) is 11.8 Å². The quantitative estimate of drug-likeness (QED) is 0.716. The normalized spacial score (nSPS) is 11.1. The maximum atomic E-state index is 12.4. The van der Waals surface area contributed by atoms with Gasteiger partial charge in [0, 0.05) is 17.3 Å². The Morgan fingerprint density at radius 1 is 1.12 bits per heavy atom. The molecule has 3 aromatic rings. The Labute approximate surface area is 149 Å². The SMILES string of the molecule is Cc1ccccc1NC(=O)c1cc(S(=O)(=O)Nc2ccccn2)cs1. The van der Waals surface area contributed by atoms with Gasteiger partial charge >= 0.3 is 0 Å². The van der Waals surface area contributed by atoms with E-state index in [0.717, 1.165) is 16.9 Å². The summed E-state index contributed by atoms with van der Waals surface area (Å²) in [5.41, 5.74) is 1.62. The van der Waals surface area contributed by atoms with E-state index in [1.807, 2.05) is 25.1 Å². The molecule has 0 fully saturated rings. The minimum absolute atomic E-state index is 0.0260. The highest BCUT2D eigenvalue weighted by atomic mass is 32.2. The number of thiophene rings is 1. The van der Waals surface area contributed by atoms with Crippen molar-refractivity contribution < 1.29 is 13.2 Å². The third-order valence-electron chi connectivity index (χ3n) is 3.41. The van der Waals surface area contributed by atoms with Crippen molar-refractivity contribution in [1.82, 2.24) is 4.98 Å². The van der Waals surface area contributed by atoms with Crippen molar-refractivity contribution >= 4 is 38.8 Å². The number of rotatable bonds is 5. The molecule has 0 radical (unpaired) electrons. The van der Waals surface area contributed by atoms with Gasteiger partial charge < -0.3 is 5.32 Å². The van der Waals surface area contributed by atoms with E-state index in [-0.39, 0.29) is 16.6 Å². The van der Waals surface area contributed by atoms with Crippen LogP contribution in [0, 0.1) is 6.92 Å². The number of amides is 1. The molecule has 128 valence electrons. The third-order valence-corrected chi connectivity index (χ3v) is 5.82. The lowest BCUT2D eigenvalue weighted by molar-refractivity contribution is 0.103. The second-order valence-corrected chi connectivity index (χ2v) is 7.83. The zero-order chi connectivity index (χ0) is 17.9. The van der Waals surface area contributed by atoms with Gasteiger partial charge in [-0.25, -0.2) is 13.4 Å². The lowest BCUT2D eigenvalue weighted by Gasteiger charge is -2.06. The number of carbonyl (C=O) groups is 1. The number of para-hydroxylation sites is 1. The van der Waals surface area contributed by atoms with Crippen molar-refractivity contribution in [2.24, 2.45) is 0 Å². The molecule has 2 N–H and O–H groups in total. The second kappa shape index (κ2) is 7.04. The molecule has 0 saturated heterocycles. The van der Waals surface area contributed by atoms with Crippen LogP contribution in [-0.2, 0) is 10.0 Å². The Morgan fingerprint density at radius 2 is 1.88 bits per heavy atom. The number of hydrogen-bond donors (Lipinski definition) is 2. The minimum atomic E-state index is -3.79. The molecule has 0 unspecified atom stereocenters. The van der Waals surface area contributed by atoms with Gasteiger partial charge in [0.15, 0.2) is 0 Å². The number of hydrogen-bond acceptors (Lipinski definition) is 5. The third kappa shape index (κ3) is 4.04. The lowest BCUT2D eigenvalue weighted by atomic mass is 10.2. The van der Waals surface area contributed by atoms with E-state index in [9.17, 15) is 13.2 Å². The van der Waals surface area contributed by atoms with Crippen LogP contribution in [0.5, 0.6) is 0 Å². The first kappa shape index (κ1) is 17.1. The number of anilines is 2. The first-order valence-electron chi connectivity index (χ1n) is 7.35. The number of benzene rings is 1. The fourth-order valence-electron chi connectivity index (χ4n) is 2.10. The van der Waals surface area contributed by atoms with Gasteiger partial charge in [-0.1, -0.05) is 24.3 Å². The predicted molar refractivity (Wildman–Crippen MR) is 98.5 cm³/mol. The highest BCUT2D eigenvalue weighted by molar-refractivity contribution is 7.92. The summed E-state index contributed by atoms with van der Waals surface area (Å²) in [5.74, 6) is -0.127. The Bertz CT molecular complexity index is 999. The van der Waals surface area contributed by atoms with Crippen LogP contribution in [0.2, 0.25) is 0 Å². The summed E-state index contributed by atoms with van der Waals surface area (Å²) in [6.45, 7) is 1.89. The summed E-state index contributed by atoms with van der Waals surface area (Å²) in [6.07, 6.45) is 1.49. The summed E-state index contributed by atoms with van der Waals surface area (Å²) < 4.78 is 27.1. The van der Waals surface area contributed by atoms with Crippen molar-refractivity contribution in [1.29, 1.82) is 0 Å². The molecule has 0 bridgehead atoms. The summed E-state index contributed by atoms with van der Waals surface area (Å²) in [6, 6.07) is 13.7. The van der Waals surface area contributed by atoms with Gasteiger partial charge in [-0.15, -0.1) is 11.3 Å². The lowest BCUT2D eigenvalue weighted by Crippen LogP contribution is -2.14. The standard InChI is InChI=1S/C17H15N3O3S2/c1-12-6-2-3-7-14(12)19-17(21)15-10-13(11-24-15)25(22,23)20-16-8-4-5-9-18-16/h2-11H,1H3,(H,18,20)(H,19,21). The number of nitrogens with zero attached hydrogens (tertiary/aromatic N) is 1. The molecule has 0 aliphatic rings. The van der Waals surface area contributed by atoms with Crippen molar-refractivity contribution in [3.05, 3.63) is 70.5 Å². The smallest absolute Gasteiger partial charge is 0.265 e. The average Bonchev–Trinajstić information content (AvgIpc) is 3.09. The largest absolute Gasteiger partial charge is 0.321 e. The Kier molecular flexibility index (Phi) is 4.82.